The SMILES string of the molecule is CC(C)(C)CCC1(N)C2CC3CC(C2)CC1C3. The molecule has 1 nitrogen and oxygen atoms in total. The van der Waals surface area contributed by atoms with E-state index < -0.39 is 0 Å². The van der Waals surface area contributed by atoms with Gasteiger partial charge in [-0.1, -0.05) is 20.8 Å². The quantitative estimate of drug-likeness (QED) is 0.770. The first-order valence-corrected chi connectivity index (χ1v) is 7.66. The van der Waals surface area contributed by atoms with Crippen LogP contribution in [0.2, 0.25) is 0 Å². The van der Waals surface area contributed by atoms with Crippen LogP contribution in [0.3, 0.4) is 0 Å². The van der Waals surface area contributed by atoms with Crippen molar-refractivity contribution in [3.8, 4) is 0 Å². The highest BCUT2D eigenvalue weighted by atomic mass is 14.8. The van der Waals surface area contributed by atoms with E-state index in [0.29, 0.717) is 5.41 Å². The van der Waals surface area contributed by atoms with Crippen LogP contribution in [0.25, 0.3) is 0 Å². The van der Waals surface area contributed by atoms with Gasteiger partial charge in [-0.2, -0.15) is 0 Å². The highest BCUT2D eigenvalue weighted by Crippen LogP contribution is 2.58. The molecule has 98 valence electrons. The topological polar surface area (TPSA) is 26.0 Å². The third-order valence-corrected chi connectivity index (χ3v) is 5.97. The summed E-state index contributed by atoms with van der Waals surface area (Å²) in [7, 11) is 0. The molecule has 0 radical (unpaired) electrons. The van der Waals surface area contributed by atoms with Gasteiger partial charge >= 0.3 is 0 Å². The molecule has 0 aromatic rings. The maximum atomic E-state index is 6.90. The summed E-state index contributed by atoms with van der Waals surface area (Å²) in [6.07, 6.45) is 9.90. The summed E-state index contributed by atoms with van der Waals surface area (Å²) in [5, 5.41) is 0. The van der Waals surface area contributed by atoms with Crippen molar-refractivity contribution in [3.05, 3.63) is 0 Å². The van der Waals surface area contributed by atoms with Crippen LogP contribution in [0.15, 0.2) is 0 Å². The third-order valence-electron chi connectivity index (χ3n) is 5.97. The van der Waals surface area contributed by atoms with Crippen molar-refractivity contribution in [1.82, 2.24) is 0 Å². The standard InChI is InChI=1S/C16H29N/c1-15(2,3)4-5-16(17)13-7-11-6-12(9-13)10-14(16)8-11/h11-14H,4-10,17H2,1-3H3. The Morgan fingerprint density at radius 2 is 1.41 bits per heavy atom. The molecular formula is C16H29N. The minimum Gasteiger partial charge on any atom is -0.325 e. The zero-order valence-corrected chi connectivity index (χ0v) is 11.8. The second-order valence-corrected chi connectivity index (χ2v) is 8.48. The predicted octanol–water partition coefficient (Wildman–Crippen LogP) is 3.97. The van der Waals surface area contributed by atoms with Crippen molar-refractivity contribution >= 4 is 0 Å². The van der Waals surface area contributed by atoms with Gasteiger partial charge in [0.05, 0.1) is 0 Å². The molecule has 0 aliphatic heterocycles. The smallest absolute Gasteiger partial charge is 0.0212 e. The second-order valence-electron chi connectivity index (χ2n) is 8.48. The van der Waals surface area contributed by atoms with E-state index in [4.69, 9.17) is 5.73 Å². The van der Waals surface area contributed by atoms with Gasteiger partial charge in [0.2, 0.25) is 0 Å². The van der Waals surface area contributed by atoms with Crippen molar-refractivity contribution in [3.63, 3.8) is 0 Å². The first-order valence-electron chi connectivity index (χ1n) is 7.66. The molecule has 4 aliphatic rings. The molecule has 17 heavy (non-hydrogen) atoms. The van der Waals surface area contributed by atoms with Crippen LogP contribution in [0, 0.1) is 29.1 Å². The van der Waals surface area contributed by atoms with Crippen molar-refractivity contribution < 1.29 is 0 Å². The van der Waals surface area contributed by atoms with Crippen LogP contribution < -0.4 is 5.73 Å². The summed E-state index contributed by atoms with van der Waals surface area (Å²) >= 11 is 0. The minimum atomic E-state index is 0.209. The van der Waals surface area contributed by atoms with Gasteiger partial charge in [0.15, 0.2) is 0 Å². The summed E-state index contributed by atoms with van der Waals surface area (Å²) in [5.41, 5.74) is 7.55. The molecule has 2 N–H and O–H groups in total. The van der Waals surface area contributed by atoms with E-state index in [0.717, 1.165) is 23.7 Å². The van der Waals surface area contributed by atoms with Gasteiger partial charge in [-0.15, -0.1) is 0 Å². The maximum Gasteiger partial charge on any atom is 0.0212 e. The van der Waals surface area contributed by atoms with Gasteiger partial charge in [-0.3, -0.25) is 0 Å². The zero-order valence-electron chi connectivity index (χ0n) is 11.8. The molecule has 0 atom stereocenters. The van der Waals surface area contributed by atoms with Crippen molar-refractivity contribution in [2.45, 2.75) is 71.3 Å². The van der Waals surface area contributed by atoms with Crippen LogP contribution in [0.1, 0.15) is 65.7 Å². The number of hydrogen-bond donors (Lipinski definition) is 1. The highest BCUT2D eigenvalue weighted by molar-refractivity contribution is 5.09. The fraction of sp³-hybridized carbons (Fsp3) is 1.00. The molecule has 0 heterocycles. The fourth-order valence-corrected chi connectivity index (χ4v) is 5.06. The van der Waals surface area contributed by atoms with Crippen molar-refractivity contribution in [2.75, 3.05) is 0 Å². The Kier molecular flexibility index (Phi) is 2.63. The molecule has 4 aliphatic carbocycles. The normalized spacial score (nSPS) is 48.7. The van der Waals surface area contributed by atoms with E-state index in [1.807, 2.05) is 0 Å². The van der Waals surface area contributed by atoms with E-state index in [2.05, 4.69) is 20.8 Å². The molecule has 1 heteroatoms. The molecular weight excluding hydrogens is 206 g/mol. The fourth-order valence-electron chi connectivity index (χ4n) is 5.06. The highest BCUT2D eigenvalue weighted by Gasteiger charge is 2.54. The summed E-state index contributed by atoms with van der Waals surface area (Å²) in [4.78, 5) is 0. The van der Waals surface area contributed by atoms with Crippen LogP contribution >= 0.6 is 0 Å². The Balaban J connectivity index is 1.73. The summed E-state index contributed by atoms with van der Waals surface area (Å²) in [6, 6.07) is 0. The van der Waals surface area contributed by atoms with E-state index in [-0.39, 0.29) is 5.54 Å². The molecule has 0 saturated heterocycles. The Morgan fingerprint density at radius 1 is 0.941 bits per heavy atom. The average Bonchev–Trinajstić information content (AvgIpc) is 2.21. The van der Waals surface area contributed by atoms with Crippen LogP contribution in [-0.4, -0.2) is 5.54 Å². The lowest BCUT2D eigenvalue weighted by Crippen LogP contribution is -2.63. The van der Waals surface area contributed by atoms with E-state index in [1.165, 1.54) is 44.9 Å². The van der Waals surface area contributed by atoms with Crippen molar-refractivity contribution in [2.24, 2.45) is 34.8 Å². The van der Waals surface area contributed by atoms with Gasteiger partial charge in [-0.25, -0.2) is 0 Å². The third kappa shape index (κ3) is 2.05. The number of rotatable bonds is 2. The largest absolute Gasteiger partial charge is 0.325 e. The van der Waals surface area contributed by atoms with Gasteiger partial charge in [-0.05, 0) is 74.0 Å². The monoisotopic (exact) mass is 235 g/mol. The predicted molar refractivity (Wildman–Crippen MR) is 72.7 cm³/mol. The number of hydrogen-bond acceptors (Lipinski definition) is 1. The minimum absolute atomic E-state index is 0.209. The average molecular weight is 235 g/mol. The Morgan fingerprint density at radius 3 is 1.82 bits per heavy atom. The molecule has 0 aromatic heterocycles. The molecule has 4 rings (SSSR count). The van der Waals surface area contributed by atoms with Crippen LogP contribution in [0.5, 0.6) is 0 Å². The van der Waals surface area contributed by atoms with Gasteiger partial charge in [0, 0.05) is 5.54 Å². The van der Waals surface area contributed by atoms with Gasteiger partial charge < -0.3 is 5.73 Å². The summed E-state index contributed by atoms with van der Waals surface area (Å²) in [6.45, 7) is 7.06. The molecule has 0 spiro atoms. The molecule has 0 unspecified atom stereocenters. The Labute approximate surface area is 107 Å². The van der Waals surface area contributed by atoms with Gasteiger partial charge in [0.25, 0.3) is 0 Å². The summed E-state index contributed by atoms with van der Waals surface area (Å²) < 4.78 is 0. The van der Waals surface area contributed by atoms with Crippen LogP contribution in [-0.2, 0) is 0 Å². The molecule has 4 saturated carbocycles. The first-order chi connectivity index (χ1) is 7.87. The van der Waals surface area contributed by atoms with E-state index >= 15 is 0 Å². The molecule has 4 bridgehead atoms. The first kappa shape index (κ1) is 12.0. The maximum absolute atomic E-state index is 6.90. The molecule has 4 fully saturated rings. The Hall–Kier alpha value is -0.0400. The molecule has 0 aromatic carbocycles. The molecule has 0 amide bonds. The lowest BCUT2D eigenvalue weighted by Gasteiger charge is -2.60. The van der Waals surface area contributed by atoms with E-state index in [1.54, 1.807) is 0 Å². The van der Waals surface area contributed by atoms with Crippen molar-refractivity contribution in [1.29, 1.82) is 0 Å². The summed E-state index contributed by atoms with van der Waals surface area (Å²) in [5.74, 6) is 3.81. The van der Waals surface area contributed by atoms with Gasteiger partial charge in [0.1, 0.15) is 0 Å². The second kappa shape index (κ2) is 3.73. The lowest BCUT2D eigenvalue weighted by molar-refractivity contribution is -0.0621. The zero-order chi connectivity index (χ0) is 12.3. The number of nitrogens with two attached hydrogens (primary N) is 1. The van der Waals surface area contributed by atoms with E-state index in [9.17, 15) is 0 Å². The van der Waals surface area contributed by atoms with Crippen LogP contribution in [0.4, 0.5) is 0 Å². The Bertz CT molecular complexity index is 271. The lowest BCUT2D eigenvalue weighted by atomic mass is 9.47.